The highest BCUT2D eigenvalue weighted by Crippen LogP contribution is 2.49. The minimum Gasteiger partial charge on any atom is -0.506 e. The van der Waals surface area contributed by atoms with Crippen LogP contribution in [-0.4, -0.2) is 77.9 Å². The summed E-state index contributed by atoms with van der Waals surface area (Å²) in [6.07, 6.45) is -4.96. The Morgan fingerprint density at radius 3 is 2.56 bits per heavy atom. The van der Waals surface area contributed by atoms with Gasteiger partial charge in [-0.2, -0.15) is 13.2 Å². The zero-order chi connectivity index (χ0) is 29.8. The highest BCUT2D eigenvalue weighted by molar-refractivity contribution is 6.20. The van der Waals surface area contributed by atoms with Crippen LogP contribution in [0.15, 0.2) is 30.3 Å². The van der Waals surface area contributed by atoms with Gasteiger partial charge >= 0.3 is 12.1 Å². The van der Waals surface area contributed by atoms with Crippen molar-refractivity contribution in [1.82, 2.24) is 14.9 Å². The van der Waals surface area contributed by atoms with Crippen LogP contribution in [0.3, 0.4) is 0 Å². The van der Waals surface area contributed by atoms with Crippen LogP contribution >= 0.6 is 11.6 Å². The lowest BCUT2D eigenvalue weighted by atomic mass is 9.95. The minimum absolute atomic E-state index is 0.00935. The van der Waals surface area contributed by atoms with Gasteiger partial charge in [-0.15, -0.1) is 11.6 Å². The molecule has 0 saturated carbocycles. The molecule has 2 amide bonds. The SMILES string of the molecule is COC(=O)c1c(C(F)(F)F)[nH]c2c(O)cc3c(c12)[C@H](CCl)CN3C(=O)c1cc2cc(NC(=O)CN(C)C)ccc2[nH]1. The lowest BCUT2D eigenvalue weighted by molar-refractivity contribution is -0.141. The largest absolute Gasteiger partial charge is 0.506 e. The predicted molar refractivity (Wildman–Crippen MR) is 147 cm³/mol. The van der Waals surface area contributed by atoms with E-state index in [1.165, 1.54) is 11.0 Å². The summed E-state index contributed by atoms with van der Waals surface area (Å²) in [7, 11) is 4.49. The van der Waals surface area contributed by atoms with E-state index in [4.69, 9.17) is 11.6 Å². The number of carbonyl (C=O) groups is 3. The molecule has 14 heteroatoms. The fourth-order valence-corrected chi connectivity index (χ4v) is 5.46. The number of aromatic amines is 2. The van der Waals surface area contributed by atoms with Crippen LogP contribution in [0.2, 0.25) is 0 Å². The number of aromatic hydroxyl groups is 1. The maximum absolute atomic E-state index is 13.9. The van der Waals surface area contributed by atoms with Crippen LogP contribution in [0, 0.1) is 0 Å². The zero-order valence-corrected chi connectivity index (χ0v) is 22.8. The second kappa shape index (κ2) is 10.3. The first-order valence-electron chi connectivity index (χ1n) is 12.4. The maximum atomic E-state index is 13.9. The van der Waals surface area contributed by atoms with Crippen LogP contribution < -0.4 is 10.2 Å². The molecule has 1 aliphatic heterocycles. The first-order valence-corrected chi connectivity index (χ1v) is 12.9. The van der Waals surface area contributed by atoms with Gasteiger partial charge in [0.25, 0.3) is 5.91 Å². The molecular weight excluding hydrogens is 567 g/mol. The number of carbonyl (C=O) groups excluding carboxylic acids is 3. The van der Waals surface area contributed by atoms with Crippen molar-refractivity contribution in [3.63, 3.8) is 0 Å². The number of hydrogen-bond donors (Lipinski definition) is 4. The predicted octanol–water partition coefficient (Wildman–Crippen LogP) is 4.64. The third kappa shape index (κ3) is 4.95. The van der Waals surface area contributed by atoms with Gasteiger partial charge in [-0.3, -0.25) is 9.59 Å². The number of hydrogen-bond acceptors (Lipinski definition) is 6. The standard InChI is InChI=1S/C27H25ClF3N5O5/c1-35(2)11-19(38)32-14-4-5-15-12(6-14)7-16(33-15)25(39)36-10-13(9-28)20-17(36)8-18(37)23-21(20)22(26(40)41-3)24(34-23)27(29,30)31/h4-8,13,33-34,37H,9-11H2,1-3H3,(H,32,38)/t13-/m1/s1. The van der Waals surface area contributed by atoms with Crippen molar-refractivity contribution in [3.05, 3.63) is 52.8 Å². The normalized spacial score (nSPS) is 15.1. The Morgan fingerprint density at radius 1 is 1.20 bits per heavy atom. The van der Waals surface area contributed by atoms with Crippen molar-refractivity contribution in [2.75, 3.05) is 50.4 Å². The smallest absolute Gasteiger partial charge is 0.432 e. The second-order valence-electron chi connectivity index (χ2n) is 9.98. The van der Waals surface area contributed by atoms with Gasteiger partial charge in [0, 0.05) is 46.4 Å². The molecule has 4 N–H and O–H groups in total. The molecule has 0 aliphatic carbocycles. The van der Waals surface area contributed by atoms with Gasteiger partial charge in [0.1, 0.15) is 17.1 Å². The number of phenolic OH excluding ortho intramolecular Hbond substituents is 1. The first kappa shape index (κ1) is 28.3. The molecular formula is C27H25ClF3N5O5. The van der Waals surface area contributed by atoms with E-state index in [0.717, 1.165) is 7.11 Å². The summed E-state index contributed by atoms with van der Waals surface area (Å²) in [5.74, 6) is -3.30. The van der Waals surface area contributed by atoms with Gasteiger partial charge in [-0.1, -0.05) is 0 Å². The number of H-pyrrole nitrogens is 2. The molecule has 1 aliphatic rings. The van der Waals surface area contributed by atoms with Gasteiger partial charge in [0.15, 0.2) is 0 Å². The van der Waals surface area contributed by atoms with Gasteiger partial charge in [0.2, 0.25) is 5.91 Å². The van der Waals surface area contributed by atoms with Crippen LogP contribution in [0.25, 0.3) is 21.8 Å². The molecule has 0 unspecified atom stereocenters. The third-order valence-corrected chi connectivity index (χ3v) is 7.25. The van der Waals surface area contributed by atoms with Crippen molar-refractivity contribution < 1.29 is 37.4 Å². The molecule has 0 fully saturated rings. The molecule has 1 atom stereocenters. The number of amides is 2. The summed E-state index contributed by atoms with van der Waals surface area (Å²) in [5, 5.41) is 14.0. The molecule has 0 spiro atoms. The Labute approximate surface area is 236 Å². The number of ether oxygens (including phenoxy) is 1. The molecule has 10 nitrogen and oxygen atoms in total. The van der Waals surface area contributed by atoms with E-state index < -0.39 is 41.0 Å². The number of nitrogens with one attached hydrogen (secondary N) is 3. The second-order valence-corrected chi connectivity index (χ2v) is 10.3. The monoisotopic (exact) mass is 591 g/mol. The number of likely N-dealkylation sites (N-methyl/N-ethyl adjacent to an activating group) is 1. The summed E-state index contributed by atoms with van der Waals surface area (Å²) in [4.78, 5) is 46.6. The molecule has 2 aromatic carbocycles. The van der Waals surface area contributed by atoms with E-state index in [1.807, 2.05) is 0 Å². The van der Waals surface area contributed by atoms with Gasteiger partial charge < -0.3 is 34.9 Å². The average molecular weight is 592 g/mol. The zero-order valence-electron chi connectivity index (χ0n) is 22.1. The van der Waals surface area contributed by atoms with E-state index in [-0.39, 0.29) is 52.7 Å². The quantitative estimate of drug-likeness (QED) is 0.191. The Kier molecular flexibility index (Phi) is 7.12. The summed E-state index contributed by atoms with van der Waals surface area (Å²) < 4.78 is 46.3. The molecule has 0 saturated heterocycles. The third-order valence-electron chi connectivity index (χ3n) is 6.88. The molecule has 0 bridgehead atoms. The minimum atomic E-state index is -4.96. The highest BCUT2D eigenvalue weighted by atomic mass is 35.5. The highest BCUT2D eigenvalue weighted by Gasteiger charge is 2.43. The number of methoxy groups -OCH3 is 1. The average Bonchev–Trinajstić information content (AvgIpc) is 3.60. The number of esters is 1. The van der Waals surface area contributed by atoms with Gasteiger partial charge in [-0.05, 0) is 43.9 Å². The first-order chi connectivity index (χ1) is 19.3. The van der Waals surface area contributed by atoms with Gasteiger partial charge in [-0.25, -0.2) is 4.79 Å². The number of nitrogens with zero attached hydrogens (tertiary/aromatic N) is 2. The van der Waals surface area contributed by atoms with E-state index in [0.29, 0.717) is 16.6 Å². The summed E-state index contributed by atoms with van der Waals surface area (Å²) in [6, 6.07) is 7.85. The summed E-state index contributed by atoms with van der Waals surface area (Å²) >= 11 is 6.21. The van der Waals surface area contributed by atoms with Crippen LogP contribution in [0.4, 0.5) is 24.5 Å². The fraction of sp³-hybridized carbons (Fsp3) is 0.296. The summed E-state index contributed by atoms with van der Waals surface area (Å²) in [6.45, 7) is 0.180. The Hall–Kier alpha value is -4.23. The number of anilines is 2. The lowest BCUT2D eigenvalue weighted by Crippen LogP contribution is -2.30. The number of fused-ring (bicyclic) bond motifs is 4. The van der Waals surface area contributed by atoms with Crippen molar-refractivity contribution in [2.45, 2.75) is 12.1 Å². The maximum Gasteiger partial charge on any atom is 0.432 e. The topological polar surface area (TPSA) is 131 Å². The van der Waals surface area contributed by atoms with Crippen molar-refractivity contribution >= 4 is 62.6 Å². The number of phenols is 1. The lowest BCUT2D eigenvalue weighted by Gasteiger charge is -2.17. The Bertz CT molecular complexity index is 1710. The van der Waals surface area contributed by atoms with E-state index >= 15 is 0 Å². The van der Waals surface area contributed by atoms with Crippen molar-refractivity contribution in [3.8, 4) is 5.75 Å². The fourth-order valence-electron chi connectivity index (χ4n) is 5.21. The van der Waals surface area contributed by atoms with Crippen molar-refractivity contribution in [2.24, 2.45) is 0 Å². The number of alkyl halides is 4. The number of benzene rings is 2. The summed E-state index contributed by atoms with van der Waals surface area (Å²) in [5.41, 5.74) is -0.822. The van der Waals surface area contributed by atoms with E-state index in [1.54, 1.807) is 43.3 Å². The number of rotatable bonds is 6. The van der Waals surface area contributed by atoms with Crippen molar-refractivity contribution in [1.29, 1.82) is 0 Å². The Balaban J connectivity index is 1.58. The Morgan fingerprint density at radius 2 is 1.93 bits per heavy atom. The molecule has 3 heterocycles. The van der Waals surface area contributed by atoms with Crippen LogP contribution in [-0.2, 0) is 15.7 Å². The van der Waals surface area contributed by atoms with Crippen LogP contribution in [0.1, 0.15) is 38.0 Å². The number of halogens is 4. The molecule has 216 valence electrons. The van der Waals surface area contributed by atoms with Crippen LogP contribution in [0.5, 0.6) is 5.75 Å². The number of aromatic nitrogens is 2. The van der Waals surface area contributed by atoms with E-state index in [9.17, 15) is 32.7 Å². The molecule has 0 radical (unpaired) electrons. The van der Waals surface area contributed by atoms with E-state index in [2.05, 4.69) is 20.0 Å². The molecule has 2 aromatic heterocycles. The molecule has 4 aromatic rings. The van der Waals surface area contributed by atoms with Gasteiger partial charge in [0.05, 0.1) is 30.4 Å². The molecule has 5 rings (SSSR count). The molecule has 41 heavy (non-hydrogen) atoms.